The number of aromatic amines is 1. The zero-order valence-electron chi connectivity index (χ0n) is 11.5. The molecule has 0 bridgehead atoms. The van der Waals surface area contributed by atoms with Crippen LogP contribution in [0.5, 0.6) is 0 Å². The van der Waals surface area contributed by atoms with Crippen LogP contribution in [0.4, 0.5) is 0 Å². The van der Waals surface area contributed by atoms with Gasteiger partial charge in [0.2, 0.25) is 0 Å². The van der Waals surface area contributed by atoms with E-state index < -0.39 is 0 Å². The lowest BCUT2D eigenvalue weighted by Gasteiger charge is -2.20. The van der Waals surface area contributed by atoms with Crippen LogP contribution in [0.25, 0.3) is 11.3 Å². The highest BCUT2D eigenvalue weighted by Crippen LogP contribution is 2.28. The number of H-pyrrole nitrogens is 1. The number of nitrogens with zero attached hydrogens (tertiary/aromatic N) is 1. The van der Waals surface area contributed by atoms with E-state index in [1.54, 1.807) is 0 Å². The minimum atomic E-state index is 0.178. The van der Waals surface area contributed by atoms with Crippen LogP contribution in [0.1, 0.15) is 37.6 Å². The number of benzene rings is 1. The molecule has 0 radical (unpaired) electrons. The number of nitrogens with two attached hydrogens (primary N) is 1. The Morgan fingerprint density at radius 2 is 1.94 bits per heavy atom. The number of aromatic nitrogens is 2. The Bertz CT molecular complexity index is 547. The third kappa shape index (κ3) is 2.46. The summed E-state index contributed by atoms with van der Waals surface area (Å²) >= 11 is 0. The van der Waals surface area contributed by atoms with Crippen LogP contribution >= 0.6 is 0 Å². The lowest BCUT2D eigenvalue weighted by atomic mass is 9.85. The van der Waals surface area contributed by atoms with Gasteiger partial charge >= 0.3 is 0 Å². The number of hydrogen-bond donors (Lipinski definition) is 2. The summed E-state index contributed by atoms with van der Waals surface area (Å²) in [6.45, 7) is 9.29. The number of aryl methyl sites for hydroxylation is 1. The van der Waals surface area contributed by atoms with E-state index in [4.69, 9.17) is 5.73 Å². The van der Waals surface area contributed by atoms with Gasteiger partial charge in [-0.1, -0.05) is 39.0 Å². The summed E-state index contributed by atoms with van der Waals surface area (Å²) in [7, 11) is 0. The van der Waals surface area contributed by atoms with Gasteiger partial charge in [0.05, 0.1) is 5.69 Å². The van der Waals surface area contributed by atoms with Crippen LogP contribution in [0.15, 0.2) is 24.3 Å². The van der Waals surface area contributed by atoms with Gasteiger partial charge in [0, 0.05) is 17.8 Å². The molecule has 0 saturated carbocycles. The first-order chi connectivity index (χ1) is 8.41. The van der Waals surface area contributed by atoms with Crippen molar-refractivity contribution in [3.63, 3.8) is 0 Å². The normalized spacial score (nSPS) is 11.8. The Morgan fingerprint density at radius 3 is 2.44 bits per heavy atom. The second kappa shape index (κ2) is 4.58. The van der Waals surface area contributed by atoms with Crippen molar-refractivity contribution in [3.05, 3.63) is 41.1 Å². The van der Waals surface area contributed by atoms with E-state index >= 15 is 0 Å². The Balaban J connectivity index is 2.41. The lowest BCUT2D eigenvalue weighted by molar-refractivity contribution is 0.590. The Hall–Kier alpha value is -1.61. The van der Waals surface area contributed by atoms with Gasteiger partial charge < -0.3 is 5.73 Å². The van der Waals surface area contributed by atoms with Crippen molar-refractivity contribution in [1.29, 1.82) is 0 Å². The van der Waals surface area contributed by atoms with Gasteiger partial charge in [-0.05, 0) is 29.5 Å². The zero-order chi connectivity index (χ0) is 13.3. The molecule has 0 unspecified atom stereocenters. The van der Waals surface area contributed by atoms with Gasteiger partial charge in [-0.2, -0.15) is 5.10 Å². The Kier molecular flexibility index (Phi) is 3.26. The van der Waals surface area contributed by atoms with Crippen molar-refractivity contribution in [2.24, 2.45) is 5.73 Å². The maximum absolute atomic E-state index is 5.59. The number of nitrogens with one attached hydrogen (secondary N) is 1. The lowest BCUT2D eigenvalue weighted by Crippen LogP contribution is -2.11. The molecule has 0 saturated heterocycles. The van der Waals surface area contributed by atoms with Crippen LogP contribution in [-0.2, 0) is 12.0 Å². The van der Waals surface area contributed by atoms with Gasteiger partial charge in [0.25, 0.3) is 0 Å². The van der Waals surface area contributed by atoms with Crippen LogP contribution in [0.2, 0.25) is 0 Å². The molecule has 0 spiro atoms. The molecular weight excluding hydrogens is 222 g/mol. The SMILES string of the molecule is Cc1cc(C(C)(C)C)ccc1-c1cc(CN)[nH]n1. The van der Waals surface area contributed by atoms with Crippen LogP contribution < -0.4 is 5.73 Å². The molecule has 96 valence electrons. The first-order valence-electron chi connectivity index (χ1n) is 6.27. The molecule has 1 heterocycles. The highest BCUT2D eigenvalue weighted by molar-refractivity contribution is 5.64. The van der Waals surface area contributed by atoms with Crippen LogP contribution in [0.3, 0.4) is 0 Å². The van der Waals surface area contributed by atoms with E-state index in [1.165, 1.54) is 16.7 Å². The summed E-state index contributed by atoms with van der Waals surface area (Å²) in [5.74, 6) is 0. The van der Waals surface area contributed by atoms with E-state index in [9.17, 15) is 0 Å². The minimum Gasteiger partial charge on any atom is -0.325 e. The van der Waals surface area contributed by atoms with Gasteiger partial charge in [-0.25, -0.2) is 0 Å². The van der Waals surface area contributed by atoms with Crippen molar-refractivity contribution in [1.82, 2.24) is 10.2 Å². The minimum absolute atomic E-state index is 0.178. The first-order valence-corrected chi connectivity index (χ1v) is 6.27. The zero-order valence-corrected chi connectivity index (χ0v) is 11.5. The van der Waals surface area contributed by atoms with Gasteiger partial charge in [0.15, 0.2) is 0 Å². The molecule has 3 nitrogen and oxygen atoms in total. The average molecular weight is 243 g/mol. The standard InChI is InChI=1S/C15H21N3/c1-10-7-11(15(2,3)4)5-6-13(10)14-8-12(9-16)17-18-14/h5-8H,9,16H2,1-4H3,(H,17,18). The molecule has 1 aromatic heterocycles. The third-order valence-corrected chi connectivity index (χ3v) is 3.22. The van der Waals surface area contributed by atoms with Crippen molar-refractivity contribution < 1.29 is 0 Å². The maximum atomic E-state index is 5.59. The molecule has 3 N–H and O–H groups in total. The highest BCUT2D eigenvalue weighted by Gasteiger charge is 2.15. The fourth-order valence-electron chi connectivity index (χ4n) is 2.02. The first kappa shape index (κ1) is 12.8. The van der Waals surface area contributed by atoms with Crippen molar-refractivity contribution in [2.45, 2.75) is 39.7 Å². The van der Waals surface area contributed by atoms with E-state index in [0.29, 0.717) is 6.54 Å². The molecule has 0 atom stereocenters. The molecule has 1 aromatic carbocycles. The second-order valence-corrected chi connectivity index (χ2v) is 5.76. The van der Waals surface area contributed by atoms with Crippen molar-refractivity contribution >= 4 is 0 Å². The molecule has 3 heteroatoms. The fraction of sp³-hybridized carbons (Fsp3) is 0.400. The van der Waals surface area contributed by atoms with Crippen LogP contribution in [-0.4, -0.2) is 10.2 Å². The van der Waals surface area contributed by atoms with Crippen LogP contribution in [0, 0.1) is 6.92 Å². The number of rotatable bonds is 2. The predicted molar refractivity (Wildman–Crippen MR) is 75.4 cm³/mol. The van der Waals surface area contributed by atoms with Gasteiger partial charge in [0.1, 0.15) is 0 Å². The molecule has 0 aliphatic carbocycles. The molecule has 0 fully saturated rings. The highest BCUT2D eigenvalue weighted by atomic mass is 15.1. The quantitative estimate of drug-likeness (QED) is 0.851. The average Bonchev–Trinajstić information content (AvgIpc) is 2.76. The largest absolute Gasteiger partial charge is 0.325 e. The van der Waals surface area contributed by atoms with E-state index in [1.807, 2.05) is 6.07 Å². The van der Waals surface area contributed by atoms with E-state index in [2.05, 4.69) is 56.1 Å². The van der Waals surface area contributed by atoms with Crippen molar-refractivity contribution in [3.8, 4) is 11.3 Å². The Labute approximate surface area is 108 Å². The predicted octanol–water partition coefficient (Wildman–Crippen LogP) is 3.14. The summed E-state index contributed by atoms with van der Waals surface area (Å²) in [6, 6.07) is 8.58. The molecule has 2 rings (SSSR count). The van der Waals surface area contributed by atoms with Gasteiger partial charge in [-0.3, -0.25) is 5.10 Å². The third-order valence-electron chi connectivity index (χ3n) is 3.22. The Morgan fingerprint density at radius 1 is 1.22 bits per heavy atom. The molecule has 2 aromatic rings. The summed E-state index contributed by atoms with van der Waals surface area (Å²) in [5.41, 5.74) is 11.5. The van der Waals surface area contributed by atoms with Gasteiger partial charge in [-0.15, -0.1) is 0 Å². The maximum Gasteiger partial charge on any atom is 0.0926 e. The molecule has 0 amide bonds. The summed E-state index contributed by atoms with van der Waals surface area (Å²) in [6.07, 6.45) is 0. The summed E-state index contributed by atoms with van der Waals surface area (Å²) < 4.78 is 0. The summed E-state index contributed by atoms with van der Waals surface area (Å²) in [5, 5.41) is 7.26. The molecule has 18 heavy (non-hydrogen) atoms. The summed E-state index contributed by atoms with van der Waals surface area (Å²) in [4.78, 5) is 0. The molecule has 0 aliphatic heterocycles. The van der Waals surface area contributed by atoms with E-state index in [0.717, 1.165) is 11.4 Å². The fourth-order valence-corrected chi connectivity index (χ4v) is 2.02. The second-order valence-electron chi connectivity index (χ2n) is 5.76. The van der Waals surface area contributed by atoms with Crippen molar-refractivity contribution in [2.75, 3.05) is 0 Å². The smallest absolute Gasteiger partial charge is 0.0926 e. The topological polar surface area (TPSA) is 54.7 Å². The monoisotopic (exact) mass is 243 g/mol. The molecule has 0 aliphatic rings. The number of hydrogen-bond acceptors (Lipinski definition) is 2. The molecular formula is C15H21N3. The van der Waals surface area contributed by atoms with E-state index in [-0.39, 0.29) is 5.41 Å².